The van der Waals surface area contributed by atoms with Gasteiger partial charge in [0.05, 0.1) is 18.4 Å². The molecule has 1 aromatic carbocycles. The maximum atomic E-state index is 11.8. The molecule has 0 bridgehead atoms. The zero-order valence-electron chi connectivity index (χ0n) is 11.5. The number of unbranched alkanes of at least 4 members (excludes halogenated alkanes) is 2. The van der Waals surface area contributed by atoms with Crippen LogP contribution in [0.2, 0.25) is 0 Å². The lowest BCUT2D eigenvalue weighted by Crippen LogP contribution is -2.32. The minimum atomic E-state index is -0.301. The molecule has 0 aliphatic rings. The van der Waals surface area contributed by atoms with Crippen LogP contribution in [0.15, 0.2) is 30.3 Å². The van der Waals surface area contributed by atoms with Crippen LogP contribution >= 0.6 is 11.8 Å². The lowest BCUT2D eigenvalue weighted by atomic mass is 10.1. The van der Waals surface area contributed by atoms with Gasteiger partial charge in [0.1, 0.15) is 0 Å². The second-order valence-electron chi connectivity index (χ2n) is 4.47. The Hall–Kier alpha value is -1.00. The predicted octanol–water partition coefficient (Wildman–Crippen LogP) is 2.76. The van der Waals surface area contributed by atoms with Gasteiger partial charge in [-0.05, 0) is 17.7 Å². The van der Waals surface area contributed by atoms with E-state index in [0.717, 1.165) is 17.7 Å². The van der Waals surface area contributed by atoms with Crippen molar-refractivity contribution in [1.82, 2.24) is 5.32 Å². The molecule has 0 saturated carbocycles. The first-order chi connectivity index (χ1) is 9.27. The average molecular weight is 281 g/mol. The van der Waals surface area contributed by atoms with E-state index >= 15 is 0 Å². The van der Waals surface area contributed by atoms with Crippen LogP contribution in [0.25, 0.3) is 0 Å². The Labute approximate surface area is 119 Å². The van der Waals surface area contributed by atoms with Crippen LogP contribution in [0.1, 0.15) is 37.8 Å². The lowest BCUT2D eigenvalue weighted by Gasteiger charge is -2.16. The highest BCUT2D eigenvalue weighted by Crippen LogP contribution is 2.12. The summed E-state index contributed by atoms with van der Waals surface area (Å²) in [4.78, 5) is 11.8. The third-order valence-electron chi connectivity index (χ3n) is 2.85. The number of hydrogen-bond donors (Lipinski definition) is 2. The fourth-order valence-corrected chi connectivity index (χ4v) is 2.60. The maximum Gasteiger partial charge on any atom is 0.230 e. The number of carbonyl (C=O) groups excluding carboxylic acids is 1. The molecule has 106 valence electrons. The van der Waals surface area contributed by atoms with Gasteiger partial charge in [-0.25, -0.2) is 0 Å². The van der Waals surface area contributed by atoms with Gasteiger partial charge in [0, 0.05) is 0 Å². The van der Waals surface area contributed by atoms with Crippen molar-refractivity contribution in [3.8, 4) is 0 Å². The van der Waals surface area contributed by atoms with Gasteiger partial charge in [0.25, 0.3) is 0 Å². The maximum absolute atomic E-state index is 11.8. The number of rotatable bonds is 9. The fourth-order valence-electron chi connectivity index (χ4n) is 1.77. The van der Waals surface area contributed by atoms with Gasteiger partial charge in [0.15, 0.2) is 0 Å². The molecule has 3 nitrogen and oxygen atoms in total. The molecule has 0 aromatic heterocycles. The minimum absolute atomic E-state index is 0.00981. The lowest BCUT2D eigenvalue weighted by molar-refractivity contribution is -0.119. The average Bonchev–Trinajstić information content (AvgIpc) is 2.45. The number of benzene rings is 1. The van der Waals surface area contributed by atoms with Crippen LogP contribution in [0.4, 0.5) is 0 Å². The van der Waals surface area contributed by atoms with Gasteiger partial charge in [0.2, 0.25) is 5.91 Å². The molecule has 0 fully saturated rings. The summed E-state index contributed by atoms with van der Waals surface area (Å²) < 4.78 is 0. The summed E-state index contributed by atoms with van der Waals surface area (Å²) in [5.41, 5.74) is 0.939. The molecule has 0 aliphatic carbocycles. The van der Waals surface area contributed by atoms with Gasteiger partial charge < -0.3 is 10.4 Å². The van der Waals surface area contributed by atoms with Gasteiger partial charge in [-0.15, -0.1) is 0 Å². The van der Waals surface area contributed by atoms with E-state index in [1.54, 1.807) is 11.8 Å². The fraction of sp³-hybridized carbons (Fsp3) is 0.533. The van der Waals surface area contributed by atoms with Crippen molar-refractivity contribution < 1.29 is 9.90 Å². The van der Waals surface area contributed by atoms with E-state index in [1.165, 1.54) is 12.8 Å². The van der Waals surface area contributed by atoms with E-state index in [4.69, 9.17) is 0 Å². The summed E-state index contributed by atoms with van der Waals surface area (Å²) >= 11 is 1.66. The first-order valence-electron chi connectivity index (χ1n) is 6.80. The van der Waals surface area contributed by atoms with Crippen LogP contribution < -0.4 is 5.32 Å². The molecule has 4 heteroatoms. The van der Waals surface area contributed by atoms with Gasteiger partial charge in [-0.3, -0.25) is 4.79 Å². The van der Waals surface area contributed by atoms with Crippen molar-refractivity contribution in [2.24, 2.45) is 0 Å². The largest absolute Gasteiger partial charge is 0.394 e. The van der Waals surface area contributed by atoms with Crippen LogP contribution in [-0.2, 0) is 4.79 Å². The van der Waals surface area contributed by atoms with E-state index in [1.807, 2.05) is 30.3 Å². The van der Waals surface area contributed by atoms with Crippen LogP contribution in [0.3, 0.4) is 0 Å². The monoisotopic (exact) mass is 281 g/mol. The zero-order valence-corrected chi connectivity index (χ0v) is 12.3. The Kier molecular flexibility index (Phi) is 8.34. The Bertz CT molecular complexity index is 356. The summed E-state index contributed by atoms with van der Waals surface area (Å²) in [6.07, 6.45) is 3.59. The van der Waals surface area contributed by atoms with Crippen molar-refractivity contribution >= 4 is 17.7 Å². The standard InChI is InChI=1S/C15H23NO2S/c1-2-3-7-10-19-12-15(18)16-14(11-17)13-8-5-4-6-9-13/h4-6,8-9,14,17H,2-3,7,10-12H2,1H3,(H,16,18)/t14-/m0/s1. The highest BCUT2D eigenvalue weighted by atomic mass is 32.2. The molecule has 0 radical (unpaired) electrons. The molecule has 1 amide bonds. The number of aliphatic hydroxyl groups is 1. The number of nitrogens with one attached hydrogen (secondary N) is 1. The normalized spacial score (nSPS) is 12.1. The SMILES string of the molecule is CCCCCSCC(=O)N[C@@H](CO)c1ccccc1. The number of amides is 1. The number of aliphatic hydroxyl groups excluding tert-OH is 1. The Morgan fingerprint density at radius 2 is 2.05 bits per heavy atom. The zero-order chi connectivity index (χ0) is 13.9. The molecule has 19 heavy (non-hydrogen) atoms. The highest BCUT2D eigenvalue weighted by Gasteiger charge is 2.12. The van der Waals surface area contributed by atoms with Crippen LogP contribution in [0, 0.1) is 0 Å². The summed E-state index contributed by atoms with van der Waals surface area (Å²) in [5, 5.41) is 12.2. The minimum Gasteiger partial charge on any atom is -0.394 e. The van der Waals surface area contributed by atoms with Crippen molar-refractivity contribution in [2.45, 2.75) is 32.2 Å². The first-order valence-corrected chi connectivity index (χ1v) is 7.96. The summed E-state index contributed by atoms with van der Waals surface area (Å²) in [6, 6.07) is 9.26. The van der Waals surface area contributed by atoms with E-state index in [0.29, 0.717) is 5.75 Å². The third-order valence-corrected chi connectivity index (χ3v) is 3.89. The summed E-state index contributed by atoms with van der Waals surface area (Å²) in [5.74, 6) is 1.48. The summed E-state index contributed by atoms with van der Waals surface area (Å²) in [7, 11) is 0. The van der Waals surface area contributed by atoms with Crippen molar-refractivity contribution in [3.05, 3.63) is 35.9 Å². The van der Waals surface area contributed by atoms with Crippen molar-refractivity contribution in [2.75, 3.05) is 18.1 Å². The molecule has 0 aliphatic heterocycles. The topological polar surface area (TPSA) is 49.3 Å². The van der Waals surface area contributed by atoms with Crippen molar-refractivity contribution in [3.63, 3.8) is 0 Å². The van der Waals surface area contributed by atoms with Gasteiger partial charge >= 0.3 is 0 Å². The number of hydrogen-bond acceptors (Lipinski definition) is 3. The van der Waals surface area contributed by atoms with Crippen LogP contribution in [-0.4, -0.2) is 29.1 Å². The third kappa shape index (κ3) is 6.64. The van der Waals surface area contributed by atoms with Gasteiger partial charge in [-0.1, -0.05) is 50.1 Å². The summed E-state index contributed by atoms with van der Waals surface area (Å²) in [6.45, 7) is 2.10. The first kappa shape index (κ1) is 16.1. The molecule has 1 atom stereocenters. The van der Waals surface area contributed by atoms with E-state index in [2.05, 4.69) is 12.2 Å². The van der Waals surface area contributed by atoms with Crippen LogP contribution in [0.5, 0.6) is 0 Å². The second-order valence-corrected chi connectivity index (χ2v) is 5.58. The Morgan fingerprint density at radius 1 is 1.32 bits per heavy atom. The molecule has 0 spiro atoms. The quantitative estimate of drug-likeness (QED) is 0.684. The highest BCUT2D eigenvalue weighted by molar-refractivity contribution is 7.99. The van der Waals surface area contributed by atoms with E-state index < -0.39 is 0 Å². The molecule has 1 aromatic rings. The van der Waals surface area contributed by atoms with Crippen molar-refractivity contribution in [1.29, 1.82) is 0 Å². The molecule has 2 N–H and O–H groups in total. The predicted molar refractivity (Wildman–Crippen MR) is 81.3 cm³/mol. The molecule has 0 saturated heterocycles. The number of carbonyl (C=O) groups is 1. The smallest absolute Gasteiger partial charge is 0.230 e. The molecule has 0 unspecified atom stereocenters. The molecule has 0 heterocycles. The van der Waals surface area contributed by atoms with E-state index in [9.17, 15) is 9.90 Å². The second kappa shape index (κ2) is 9.87. The Morgan fingerprint density at radius 3 is 2.68 bits per heavy atom. The molecular weight excluding hydrogens is 258 g/mol. The number of thioether (sulfide) groups is 1. The Balaban J connectivity index is 2.30. The molecular formula is C15H23NO2S. The molecule has 1 rings (SSSR count). The van der Waals surface area contributed by atoms with E-state index in [-0.39, 0.29) is 18.6 Å². The van der Waals surface area contributed by atoms with Gasteiger partial charge in [-0.2, -0.15) is 11.8 Å².